The van der Waals surface area contributed by atoms with Crippen molar-refractivity contribution in [3.8, 4) is 0 Å². The minimum Gasteiger partial charge on any atom is -0.361 e. The maximum absolute atomic E-state index is 12.8. The van der Waals surface area contributed by atoms with Crippen LogP contribution in [0.2, 0.25) is 5.02 Å². The fourth-order valence-electron chi connectivity index (χ4n) is 3.78. The quantitative estimate of drug-likeness (QED) is 0.409. The van der Waals surface area contributed by atoms with Crippen LogP contribution in [0, 0.1) is 0 Å². The van der Waals surface area contributed by atoms with Gasteiger partial charge in [-0.25, -0.2) is 0 Å². The van der Waals surface area contributed by atoms with Crippen LogP contribution in [0.5, 0.6) is 0 Å². The number of aromatic amines is 1. The van der Waals surface area contributed by atoms with Crippen molar-refractivity contribution in [3.63, 3.8) is 0 Å². The smallest absolute Gasteiger partial charge is 0.220 e. The molecule has 0 spiro atoms. The predicted octanol–water partition coefficient (Wildman–Crippen LogP) is 5.70. The second-order valence-electron chi connectivity index (χ2n) is 7.15. The number of aromatic nitrogens is 1. The molecule has 4 rings (SSSR count). The minimum atomic E-state index is -0.114. The van der Waals surface area contributed by atoms with E-state index in [0.29, 0.717) is 18.0 Å². The zero-order valence-electron chi connectivity index (χ0n) is 16.1. The number of nitrogens with one attached hydrogen (secondary N) is 2. The van der Waals surface area contributed by atoms with Gasteiger partial charge in [0, 0.05) is 41.0 Å². The highest BCUT2D eigenvalue weighted by atomic mass is 35.5. The molecule has 1 amide bonds. The topological polar surface area (TPSA) is 44.9 Å². The van der Waals surface area contributed by atoms with Crippen LogP contribution in [0.3, 0.4) is 0 Å². The van der Waals surface area contributed by atoms with E-state index < -0.39 is 0 Å². The largest absolute Gasteiger partial charge is 0.361 e. The standard InChI is InChI=1S/C25H23ClN2O/c26-23-12-6-4-10-19(23)21(22-17-28-24-13-7-5-11-20(22)24)16-25(29)27-15-14-18-8-2-1-3-9-18/h1-13,17,21,28H,14-16H2,(H,27,29). The summed E-state index contributed by atoms with van der Waals surface area (Å²) in [6.07, 6.45) is 3.16. The molecule has 0 saturated heterocycles. The molecular weight excluding hydrogens is 380 g/mol. The van der Waals surface area contributed by atoms with Gasteiger partial charge in [-0.1, -0.05) is 78.3 Å². The van der Waals surface area contributed by atoms with Crippen LogP contribution in [0.4, 0.5) is 0 Å². The molecular formula is C25H23ClN2O. The van der Waals surface area contributed by atoms with E-state index in [1.54, 1.807) is 0 Å². The lowest BCUT2D eigenvalue weighted by Crippen LogP contribution is -2.27. The second-order valence-corrected chi connectivity index (χ2v) is 7.56. The van der Waals surface area contributed by atoms with Crippen molar-refractivity contribution in [1.29, 1.82) is 0 Å². The average molecular weight is 403 g/mol. The van der Waals surface area contributed by atoms with Crippen molar-refractivity contribution >= 4 is 28.4 Å². The molecule has 146 valence electrons. The lowest BCUT2D eigenvalue weighted by molar-refractivity contribution is -0.121. The summed E-state index contributed by atoms with van der Waals surface area (Å²) in [5, 5.41) is 4.87. The highest BCUT2D eigenvalue weighted by Gasteiger charge is 2.23. The van der Waals surface area contributed by atoms with Gasteiger partial charge in [0.2, 0.25) is 5.91 Å². The van der Waals surface area contributed by atoms with E-state index in [4.69, 9.17) is 11.6 Å². The Balaban J connectivity index is 1.54. The summed E-state index contributed by atoms with van der Waals surface area (Å²) < 4.78 is 0. The number of carbonyl (C=O) groups is 1. The van der Waals surface area contributed by atoms with Crippen LogP contribution in [0.25, 0.3) is 10.9 Å². The van der Waals surface area contributed by atoms with Gasteiger partial charge in [0.05, 0.1) is 0 Å². The predicted molar refractivity (Wildman–Crippen MR) is 119 cm³/mol. The molecule has 29 heavy (non-hydrogen) atoms. The summed E-state index contributed by atoms with van der Waals surface area (Å²) in [6.45, 7) is 0.617. The number of rotatable bonds is 7. The van der Waals surface area contributed by atoms with E-state index in [9.17, 15) is 4.79 Å². The minimum absolute atomic E-state index is 0.0242. The van der Waals surface area contributed by atoms with Crippen molar-refractivity contribution < 1.29 is 4.79 Å². The first-order valence-corrected chi connectivity index (χ1v) is 10.2. The highest BCUT2D eigenvalue weighted by molar-refractivity contribution is 6.31. The third-order valence-electron chi connectivity index (χ3n) is 5.25. The van der Waals surface area contributed by atoms with Gasteiger partial charge in [-0.15, -0.1) is 0 Å². The Kier molecular flexibility index (Phi) is 5.97. The lowest BCUT2D eigenvalue weighted by Gasteiger charge is -2.18. The summed E-state index contributed by atoms with van der Waals surface area (Å²) in [7, 11) is 0. The summed E-state index contributed by atoms with van der Waals surface area (Å²) in [5.74, 6) is -0.0901. The number of halogens is 1. The maximum Gasteiger partial charge on any atom is 0.220 e. The van der Waals surface area contributed by atoms with Gasteiger partial charge in [0.1, 0.15) is 0 Å². The van der Waals surface area contributed by atoms with Gasteiger partial charge in [0.15, 0.2) is 0 Å². The van der Waals surface area contributed by atoms with E-state index in [0.717, 1.165) is 28.5 Å². The number of H-pyrrole nitrogens is 1. The van der Waals surface area contributed by atoms with Crippen LogP contribution < -0.4 is 5.32 Å². The first-order chi connectivity index (χ1) is 14.2. The van der Waals surface area contributed by atoms with Crippen molar-refractivity contribution in [2.45, 2.75) is 18.8 Å². The van der Waals surface area contributed by atoms with Gasteiger partial charge in [-0.2, -0.15) is 0 Å². The van der Waals surface area contributed by atoms with Crippen LogP contribution in [-0.2, 0) is 11.2 Å². The van der Waals surface area contributed by atoms with E-state index in [2.05, 4.69) is 28.5 Å². The molecule has 0 aliphatic carbocycles. The molecule has 0 bridgehead atoms. The normalized spacial score (nSPS) is 12.0. The molecule has 1 heterocycles. The van der Waals surface area contributed by atoms with Crippen molar-refractivity contribution in [1.82, 2.24) is 10.3 Å². The van der Waals surface area contributed by atoms with Gasteiger partial charge in [-0.3, -0.25) is 4.79 Å². The fraction of sp³-hybridized carbons (Fsp3) is 0.160. The lowest BCUT2D eigenvalue weighted by atomic mass is 9.88. The van der Waals surface area contributed by atoms with Crippen LogP contribution in [0.1, 0.15) is 29.0 Å². The van der Waals surface area contributed by atoms with Crippen molar-refractivity contribution in [2.24, 2.45) is 0 Å². The molecule has 0 radical (unpaired) electrons. The second kappa shape index (κ2) is 8.97. The Morgan fingerprint density at radius 2 is 1.62 bits per heavy atom. The molecule has 4 heteroatoms. The summed E-state index contributed by atoms with van der Waals surface area (Å²) in [4.78, 5) is 16.1. The number of benzene rings is 3. The van der Waals surface area contributed by atoms with Gasteiger partial charge < -0.3 is 10.3 Å². The highest BCUT2D eigenvalue weighted by Crippen LogP contribution is 2.36. The SMILES string of the molecule is O=C(CC(c1ccccc1Cl)c1c[nH]c2ccccc12)NCCc1ccccc1. The van der Waals surface area contributed by atoms with Gasteiger partial charge >= 0.3 is 0 Å². The van der Waals surface area contributed by atoms with E-state index in [1.807, 2.05) is 66.9 Å². The number of amides is 1. The molecule has 0 aliphatic heterocycles. The molecule has 3 nitrogen and oxygen atoms in total. The third kappa shape index (κ3) is 4.52. The summed E-state index contributed by atoms with van der Waals surface area (Å²) >= 11 is 6.51. The first kappa shape index (κ1) is 19.3. The number of para-hydroxylation sites is 1. The monoisotopic (exact) mass is 402 g/mol. The zero-order valence-corrected chi connectivity index (χ0v) is 16.8. The molecule has 4 aromatic rings. The average Bonchev–Trinajstić information content (AvgIpc) is 3.17. The van der Waals surface area contributed by atoms with Gasteiger partial charge in [0.25, 0.3) is 0 Å². The van der Waals surface area contributed by atoms with Crippen LogP contribution >= 0.6 is 11.6 Å². The summed E-state index contributed by atoms with van der Waals surface area (Å²) in [5.41, 5.74) is 4.33. The molecule has 0 fully saturated rings. The molecule has 0 saturated carbocycles. The van der Waals surface area contributed by atoms with Crippen molar-refractivity contribution in [3.05, 3.63) is 107 Å². The Hall–Kier alpha value is -3.04. The van der Waals surface area contributed by atoms with E-state index in [-0.39, 0.29) is 11.8 Å². The Bertz CT molecular complexity index is 1100. The molecule has 1 unspecified atom stereocenters. The number of hydrogen-bond donors (Lipinski definition) is 2. The fourth-order valence-corrected chi connectivity index (χ4v) is 4.04. The molecule has 1 aromatic heterocycles. The zero-order chi connectivity index (χ0) is 20.1. The number of carbonyl (C=O) groups excluding carboxylic acids is 1. The molecule has 0 aliphatic rings. The first-order valence-electron chi connectivity index (χ1n) is 9.83. The summed E-state index contributed by atoms with van der Waals surface area (Å²) in [6, 6.07) is 26.1. The Morgan fingerprint density at radius 3 is 2.45 bits per heavy atom. The number of fused-ring (bicyclic) bond motifs is 1. The molecule has 2 N–H and O–H groups in total. The number of hydrogen-bond acceptors (Lipinski definition) is 1. The molecule has 1 atom stereocenters. The van der Waals surface area contributed by atoms with Crippen LogP contribution in [0.15, 0.2) is 85.1 Å². The third-order valence-corrected chi connectivity index (χ3v) is 5.59. The van der Waals surface area contributed by atoms with E-state index >= 15 is 0 Å². The Morgan fingerprint density at radius 1 is 0.897 bits per heavy atom. The van der Waals surface area contributed by atoms with E-state index in [1.165, 1.54) is 5.56 Å². The van der Waals surface area contributed by atoms with Crippen LogP contribution in [-0.4, -0.2) is 17.4 Å². The molecule has 3 aromatic carbocycles. The van der Waals surface area contributed by atoms with Gasteiger partial charge in [-0.05, 0) is 35.2 Å². The maximum atomic E-state index is 12.8. The van der Waals surface area contributed by atoms with Crippen molar-refractivity contribution in [2.75, 3.05) is 6.54 Å². The Labute approximate surface area is 175 Å².